The van der Waals surface area contributed by atoms with Gasteiger partial charge in [0, 0.05) is 37.1 Å². The van der Waals surface area contributed by atoms with Crippen LogP contribution >= 0.6 is 35.3 Å². The number of nitrogens with one attached hydrogen (secondary N) is 2. The number of halogens is 4. The Morgan fingerprint density at radius 3 is 2.77 bits per heavy atom. The van der Waals surface area contributed by atoms with Crippen LogP contribution in [0.5, 0.6) is 5.75 Å². The van der Waals surface area contributed by atoms with Crippen LogP contribution in [0, 0.1) is 0 Å². The fourth-order valence-electron chi connectivity index (χ4n) is 3.01. The number of carbonyl (C=O) groups excluding carboxylic acids is 1. The number of hydrogen-bond acceptors (Lipinski definition) is 4. The molecule has 0 saturated carbocycles. The number of thiophene rings is 1. The Morgan fingerprint density at radius 1 is 1.27 bits per heavy atom. The lowest BCUT2D eigenvalue weighted by atomic mass is 10.1. The van der Waals surface area contributed by atoms with Gasteiger partial charge in [0.1, 0.15) is 5.75 Å². The van der Waals surface area contributed by atoms with E-state index in [-0.39, 0.29) is 48.7 Å². The molecule has 0 unspecified atom stereocenters. The molecule has 6 nitrogen and oxygen atoms in total. The molecule has 0 radical (unpaired) electrons. The molecule has 0 aliphatic carbocycles. The summed E-state index contributed by atoms with van der Waals surface area (Å²) in [6.45, 7) is 1.36. The number of fused-ring (bicyclic) bond motifs is 1. The first-order valence-electron chi connectivity index (χ1n) is 8.97. The van der Waals surface area contributed by atoms with Gasteiger partial charge in [-0.1, -0.05) is 18.2 Å². The fourth-order valence-corrected chi connectivity index (χ4v) is 3.90. The number of alkyl halides is 3. The maximum atomic E-state index is 12.5. The van der Waals surface area contributed by atoms with Crippen molar-refractivity contribution in [3.05, 3.63) is 51.7 Å². The molecule has 3 rings (SSSR count). The van der Waals surface area contributed by atoms with Gasteiger partial charge in [0.15, 0.2) is 5.96 Å². The van der Waals surface area contributed by atoms with Gasteiger partial charge in [-0.3, -0.25) is 9.79 Å². The van der Waals surface area contributed by atoms with Crippen molar-refractivity contribution in [1.82, 2.24) is 15.5 Å². The molecule has 0 saturated heterocycles. The van der Waals surface area contributed by atoms with Crippen LogP contribution in [0.2, 0.25) is 0 Å². The van der Waals surface area contributed by atoms with Crippen molar-refractivity contribution in [3.8, 4) is 5.75 Å². The second-order valence-electron chi connectivity index (χ2n) is 6.37. The Bertz CT molecular complexity index is 889. The zero-order valence-electron chi connectivity index (χ0n) is 16.2. The Balaban J connectivity index is 0.00000320. The zero-order chi connectivity index (χ0) is 20.9. The summed E-state index contributed by atoms with van der Waals surface area (Å²) in [7, 11) is 1.52. The first-order chi connectivity index (χ1) is 13.9. The molecule has 1 aliphatic rings. The lowest BCUT2D eigenvalue weighted by molar-refractivity contribution is -0.274. The number of nitrogens with zero attached hydrogens (tertiary/aromatic N) is 2. The van der Waals surface area contributed by atoms with Gasteiger partial charge >= 0.3 is 6.36 Å². The van der Waals surface area contributed by atoms with Gasteiger partial charge < -0.3 is 20.3 Å². The number of para-hydroxylation sites is 1. The van der Waals surface area contributed by atoms with Crippen molar-refractivity contribution < 1.29 is 22.7 Å². The van der Waals surface area contributed by atoms with E-state index in [0.717, 1.165) is 6.42 Å². The summed E-state index contributed by atoms with van der Waals surface area (Å²) < 4.78 is 41.6. The van der Waals surface area contributed by atoms with E-state index in [4.69, 9.17) is 0 Å². The van der Waals surface area contributed by atoms with E-state index < -0.39 is 6.36 Å². The SMILES string of the molecule is CN=C(NCC(=O)N1CCc2sccc2C1)NCc1ccccc1OC(F)(F)F.I. The molecule has 2 N–H and O–H groups in total. The Morgan fingerprint density at radius 2 is 2.03 bits per heavy atom. The van der Waals surface area contributed by atoms with Crippen molar-refractivity contribution in [2.45, 2.75) is 25.9 Å². The average Bonchev–Trinajstić information content (AvgIpc) is 3.15. The smallest absolute Gasteiger partial charge is 0.405 e. The summed E-state index contributed by atoms with van der Waals surface area (Å²) in [5, 5.41) is 7.84. The number of hydrogen-bond donors (Lipinski definition) is 2. The van der Waals surface area contributed by atoms with Gasteiger partial charge in [-0.15, -0.1) is 48.5 Å². The van der Waals surface area contributed by atoms with Crippen LogP contribution in [0.3, 0.4) is 0 Å². The minimum Gasteiger partial charge on any atom is -0.405 e. The molecule has 0 atom stereocenters. The maximum Gasteiger partial charge on any atom is 0.573 e. The molecule has 1 aromatic heterocycles. The van der Waals surface area contributed by atoms with Crippen LogP contribution in [0.1, 0.15) is 16.0 Å². The van der Waals surface area contributed by atoms with Crippen LogP contribution < -0.4 is 15.4 Å². The molecule has 11 heteroatoms. The second-order valence-corrected chi connectivity index (χ2v) is 7.37. The minimum absolute atomic E-state index is 0. The van der Waals surface area contributed by atoms with E-state index in [1.165, 1.54) is 35.7 Å². The van der Waals surface area contributed by atoms with Crippen LogP contribution in [0.15, 0.2) is 40.7 Å². The van der Waals surface area contributed by atoms with Crippen molar-refractivity contribution in [2.75, 3.05) is 20.1 Å². The highest BCUT2D eigenvalue weighted by molar-refractivity contribution is 14.0. The van der Waals surface area contributed by atoms with Crippen LogP contribution in [0.25, 0.3) is 0 Å². The summed E-state index contributed by atoms with van der Waals surface area (Å²) >= 11 is 1.71. The lowest BCUT2D eigenvalue weighted by Gasteiger charge is -2.27. The molecule has 1 aliphatic heterocycles. The Hall–Kier alpha value is -2.02. The first-order valence-corrected chi connectivity index (χ1v) is 9.85. The van der Waals surface area contributed by atoms with Crippen LogP contribution in [-0.2, 0) is 24.3 Å². The second kappa shape index (κ2) is 10.8. The van der Waals surface area contributed by atoms with Gasteiger partial charge in [-0.25, -0.2) is 0 Å². The predicted molar refractivity (Wildman–Crippen MR) is 120 cm³/mol. The number of guanidine groups is 1. The van der Waals surface area contributed by atoms with Crippen LogP contribution in [0.4, 0.5) is 13.2 Å². The third kappa shape index (κ3) is 6.76. The average molecular weight is 554 g/mol. The Labute approximate surface area is 193 Å². The van der Waals surface area contributed by atoms with Crippen LogP contribution in [-0.4, -0.2) is 43.3 Å². The van der Waals surface area contributed by atoms with Crippen molar-refractivity contribution >= 4 is 47.2 Å². The van der Waals surface area contributed by atoms with Gasteiger partial charge in [0.2, 0.25) is 5.91 Å². The van der Waals surface area contributed by atoms with Crippen molar-refractivity contribution in [2.24, 2.45) is 4.99 Å². The molecule has 0 spiro atoms. The highest BCUT2D eigenvalue weighted by Gasteiger charge is 2.32. The molecule has 1 aromatic carbocycles. The standard InChI is InChI=1S/C19H21F3N4O2S.HI/c1-23-18(24-10-13-4-2-3-5-15(13)28-19(20,21)22)25-11-17(27)26-8-6-16-14(12-26)7-9-29-16;/h2-5,7,9H,6,8,10-12H2,1H3,(H2,23,24,25);1H. The molecule has 2 aromatic rings. The van der Waals surface area contributed by atoms with E-state index in [1.54, 1.807) is 22.3 Å². The molecule has 2 heterocycles. The van der Waals surface area contributed by atoms with E-state index >= 15 is 0 Å². The Kier molecular flexibility index (Phi) is 8.77. The fraction of sp³-hybridized carbons (Fsp3) is 0.368. The van der Waals surface area contributed by atoms with Gasteiger partial charge in [0.25, 0.3) is 0 Å². The van der Waals surface area contributed by atoms with Gasteiger partial charge in [-0.05, 0) is 29.5 Å². The number of benzene rings is 1. The quantitative estimate of drug-likeness (QED) is 0.338. The maximum absolute atomic E-state index is 12.5. The lowest BCUT2D eigenvalue weighted by Crippen LogP contribution is -2.45. The number of rotatable bonds is 5. The molecule has 0 fully saturated rings. The number of amides is 1. The van der Waals surface area contributed by atoms with Gasteiger partial charge in [-0.2, -0.15) is 0 Å². The third-order valence-corrected chi connectivity index (χ3v) is 5.46. The largest absolute Gasteiger partial charge is 0.573 e. The summed E-state index contributed by atoms with van der Waals surface area (Å²) in [6, 6.07) is 7.90. The van der Waals surface area contributed by atoms with E-state index in [1.807, 2.05) is 11.4 Å². The molecule has 0 bridgehead atoms. The highest BCUT2D eigenvalue weighted by Crippen LogP contribution is 2.26. The number of carbonyl (C=O) groups is 1. The summed E-state index contributed by atoms with van der Waals surface area (Å²) in [5.74, 6) is -0.0297. The summed E-state index contributed by atoms with van der Waals surface area (Å²) in [5.41, 5.74) is 1.50. The monoisotopic (exact) mass is 554 g/mol. The topological polar surface area (TPSA) is 66.0 Å². The molecular weight excluding hydrogens is 532 g/mol. The van der Waals surface area contributed by atoms with Crippen molar-refractivity contribution in [3.63, 3.8) is 0 Å². The van der Waals surface area contributed by atoms with E-state index in [0.29, 0.717) is 24.6 Å². The summed E-state index contributed by atoms with van der Waals surface area (Å²) in [6.07, 6.45) is -3.92. The molecule has 30 heavy (non-hydrogen) atoms. The summed E-state index contributed by atoms with van der Waals surface area (Å²) in [4.78, 5) is 19.6. The first kappa shape index (κ1) is 24.3. The molecular formula is C19H22F3IN4O2S. The third-order valence-electron chi connectivity index (χ3n) is 4.44. The van der Waals surface area contributed by atoms with Crippen molar-refractivity contribution in [1.29, 1.82) is 0 Å². The van der Waals surface area contributed by atoms with Gasteiger partial charge in [0.05, 0.1) is 6.54 Å². The van der Waals surface area contributed by atoms with E-state index in [2.05, 4.69) is 20.4 Å². The number of aliphatic imine (C=N–C) groups is 1. The minimum atomic E-state index is -4.76. The number of ether oxygens (including phenoxy) is 1. The highest BCUT2D eigenvalue weighted by atomic mass is 127. The molecule has 1 amide bonds. The zero-order valence-corrected chi connectivity index (χ0v) is 19.3. The normalized spacial score (nSPS) is 13.9. The predicted octanol–water partition coefficient (Wildman–Crippen LogP) is 3.51. The van der Waals surface area contributed by atoms with E-state index in [9.17, 15) is 18.0 Å². The molecule has 164 valence electrons.